The van der Waals surface area contributed by atoms with Crippen molar-refractivity contribution in [2.24, 2.45) is 0 Å². The van der Waals surface area contributed by atoms with Crippen molar-refractivity contribution in [3.63, 3.8) is 0 Å². The fourth-order valence-corrected chi connectivity index (χ4v) is 2.00. The lowest BCUT2D eigenvalue weighted by atomic mass is 10.0. The van der Waals surface area contributed by atoms with Crippen LogP contribution < -0.4 is 4.90 Å². The second-order valence-corrected chi connectivity index (χ2v) is 3.94. The summed E-state index contributed by atoms with van der Waals surface area (Å²) in [6, 6.07) is 7.93. The zero-order valence-electron chi connectivity index (χ0n) is 8.77. The maximum atomic E-state index is 9.68. The Morgan fingerprint density at radius 3 is 3.13 bits per heavy atom. The Bertz CT molecular complexity index is 409. The molecule has 0 amide bonds. The Balaban J connectivity index is 2.27. The molecule has 1 N–H and O–H groups in total. The Kier molecular flexibility index (Phi) is 2.61. The van der Waals surface area contributed by atoms with Gasteiger partial charge < -0.3 is 10.0 Å². The van der Waals surface area contributed by atoms with E-state index in [0.717, 1.165) is 18.5 Å². The molecule has 1 aromatic rings. The first-order valence-electron chi connectivity index (χ1n) is 5.11. The van der Waals surface area contributed by atoms with Crippen LogP contribution in [0, 0.1) is 11.3 Å². The van der Waals surface area contributed by atoms with E-state index in [-0.39, 0.29) is 6.42 Å². The van der Waals surface area contributed by atoms with E-state index in [2.05, 4.69) is 11.9 Å². The predicted octanol–water partition coefficient (Wildman–Crippen LogP) is 1.63. The van der Waals surface area contributed by atoms with Crippen molar-refractivity contribution in [2.45, 2.75) is 18.9 Å². The minimum atomic E-state index is -0.647. The standard InChI is InChI=1S/C12H14N2O/c1-14-7-5-9-8-10(2-3-11(9)14)12(15)4-6-13/h2-3,8,12,15H,4-5,7H2,1H3. The third kappa shape index (κ3) is 1.81. The van der Waals surface area contributed by atoms with Crippen LogP contribution in [-0.2, 0) is 6.42 Å². The van der Waals surface area contributed by atoms with Gasteiger partial charge >= 0.3 is 0 Å². The van der Waals surface area contributed by atoms with Gasteiger partial charge in [0.1, 0.15) is 0 Å². The van der Waals surface area contributed by atoms with Crippen LogP contribution in [0.4, 0.5) is 5.69 Å². The summed E-state index contributed by atoms with van der Waals surface area (Å²) in [4.78, 5) is 2.20. The third-order valence-electron chi connectivity index (χ3n) is 2.90. The van der Waals surface area contributed by atoms with Gasteiger partial charge in [-0.1, -0.05) is 12.1 Å². The molecule has 2 rings (SSSR count). The molecule has 1 atom stereocenters. The quantitative estimate of drug-likeness (QED) is 0.792. The summed E-state index contributed by atoms with van der Waals surface area (Å²) in [5, 5.41) is 18.2. The van der Waals surface area contributed by atoms with Gasteiger partial charge in [-0.15, -0.1) is 0 Å². The number of likely N-dealkylation sites (N-methyl/N-ethyl adjacent to an activating group) is 1. The molecule has 0 aliphatic carbocycles. The SMILES string of the molecule is CN1CCc2cc(C(O)CC#N)ccc21. The Morgan fingerprint density at radius 1 is 1.60 bits per heavy atom. The molecule has 3 heteroatoms. The van der Waals surface area contributed by atoms with E-state index in [1.54, 1.807) is 0 Å². The summed E-state index contributed by atoms with van der Waals surface area (Å²) >= 11 is 0. The molecular formula is C12H14N2O. The molecule has 0 radical (unpaired) electrons. The van der Waals surface area contributed by atoms with Crippen LogP contribution in [-0.4, -0.2) is 18.7 Å². The summed E-state index contributed by atoms with van der Waals surface area (Å²) in [6.45, 7) is 1.03. The number of hydrogen-bond acceptors (Lipinski definition) is 3. The predicted molar refractivity (Wildman–Crippen MR) is 58.6 cm³/mol. The molecule has 0 fully saturated rings. The highest BCUT2D eigenvalue weighted by Gasteiger charge is 2.17. The largest absolute Gasteiger partial charge is 0.387 e. The normalized spacial score (nSPS) is 15.9. The van der Waals surface area contributed by atoms with Crippen molar-refractivity contribution in [3.05, 3.63) is 29.3 Å². The molecule has 1 heterocycles. The summed E-state index contributed by atoms with van der Waals surface area (Å²) in [6.07, 6.45) is 0.541. The van der Waals surface area contributed by atoms with E-state index in [4.69, 9.17) is 5.26 Å². The average molecular weight is 202 g/mol. The lowest BCUT2D eigenvalue weighted by Gasteiger charge is -2.13. The van der Waals surface area contributed by atoms with E-state index in [1.807, 2.05) is 24.3 Å². The molecule has 1 aliphatic rings. The van der Waals surface area contributed by atoms with Gasteiger partial charge in [0, 0.05) is 19.3 Å². The number of benzene rings is 1. The van der Waals surface area contributed by atoms with Crippen LogP contribution in [0.25, 0.3) is 0 Å². The first-order valence-corrected chi connectivity index (χ1v) is 5.11. The van der Waals surface area contributed by atoms with E-state index >= 15 is 0 Å². The number of nitrogens with zero attached hydrogens (tertiary/aromatic N) is 2. The lowest BCUT2D eigenvalue weighted by Crippen LogP contribution is -2.12. The molecule has 0 bridgehead atoms. The van der Waals surface area contributed by atoms with Gasteiger partial charge in [-0.05, 0) is 23.6 Å². The van der Waals surface area contributed by atoms with E-state index < -0.39 is 6.10 Å². The van der Waals surface area contributed by atoms with Crippen molar-refractivity contribution >= 4 is 5.69 Å². The van der Waals surface area contributed by atoms with Gasteiger partial charge in [0.2, 0.25) is 0 Å². The van der Waals surface area contributed by atoms with Crippen LogP contribution >= 0.6 is 0 Å². The van der Waals surface area contributed by atoms with Gasteiger partial charge in [-0.25, -0.2) is 0 Å². The van der Waals surface area contributed by atoms with Crippen molar-refractivity contribution < 1.29 is 5.11 Å². The highest BCUT2D eigenvalue weighted by molar-refractivity contribution is 5.58. The zero-order valence-corrected chi connectivity index (χ0v) is 8.77. The molecule has 1 unspecified atom stereocenters. The average Bonchev–Trinajstić information content (AvgIpc) is 2.60. The molecule has 1 aromatic carbocycles. The molecule has 78 valence electrons. The number of rotatable bonds is 2. The third-order valence-corrected chi connectivity index (χ3v) is 2.90. The molecule has 0 saturated carbocycles. The van der Waals surface area contributed by atoms with Gasteiger partial charge in [-0.3, -0.25) is 0 Å². The van der Waals surface area contributed by atoms with Crippen LogP contribution in [0.15, 0.2) is 18.2 Å². The lowest BCUT2D eigenvalue weighted by molar-refractivity contribution is 0.183. The first kappa shape index (κ1) is 10.0. The van der Waals surface area contributed by atoms with E-state index in [0.29, 0.717) is 0 Å². The maximum absolute atomic E-state index is 9.68. The molecule has 0 aromatic heterocycles. The second-order valence-electron chi connectivity index (χ2n) is 3.94. The molecule has 15 heavy (non-hydrogen) atoms. The number of hydrogen-bond donors (Lipinski definition) is 1. The molecule has 0 saturated heterocycles. The van der Waals surface area contributed by atoms with Crippen molar-refractivity contribution in [1.29, 1.82) is 5.26 Å². The smallest absolute Gasteiger partial charge is 0.0920 e. The fraction of sp³-hybridized carbons (Fsp3) is 0.417. The van der Waals surface area contributed by atoms with Crippen LogP contribution in [0.2, 0.25) is 0 Å². The van der Waals surface area contributed by atoms with Crippen LogP contribution in [0.5, 0.6) is 0 Å². The summed E-state index contributed by atoms with van der Waals surface area (Å²) < 4.78 is 0. The minimum Gasteiger partial charge on any atom is -0.387 e. The number of nitriles is 1. The van der Waals surface area contributed by atoms with E-state index in [1.165, 1.54) is 11.3 Å². The van der Waals surface area contributed by atoms with E-state index in [9.17, 15) is 5.11 Å². The highest BCUT2D eigenvalue weighted by Crippen LogP contribution is 2.29. The van der Waals surface area contributed by atoms with Gasteiger partial charge in [0.25, 0.3) is 0 Å². The summed E-state index contributed by atoms with van der Waals surface area (Å²) in [5.41, 5.74) is 3.36. The number of aliphatic hydroxyl groups is 1. The molecule has 0 spiro atoms. The van der Waals surface area contributed by atoms with Crippen LogP contribution in [0.3, 0.4) is 0 Å². The minimum absolute atomic E-state index is 0.161. The Morgan fingerprint density at radius 2 is 2.40 bits per heavy atom. The first-order chi connectivity index (χ1) is 7.22. The topological polar surface area (TPSA) is 47.3 Å². The van der Waals surface area contributed by atoms with Gasteiger partial charge in [0.05, 0.1) is 18.6 Å². The van der Waals surface area contributed by atoms with Gasteiger partial charge in [-0.2, -0.15) is 5.26 Å². The Hall–Kier alpha value is -1.53. The summed E-state index contributed by atoms with van der Waals surface area (Å²) in [5.74, 6) is 0. The monoisotopic (exact) mass is 202 g/mol. The fourth-order valence-electron chi connectivity index (χ4n) is 2.00. The molecular weight excluding hydrogens is 188 g/mol. The number of fused-ring (bicyclic) bond motifs is 1. The molecule has 3 nitrogen and oxygen atoms in total. The van der Waals surface area contributed by atoms with Crippen molar-refractivity contribution in [2.75, 3.05) is 18.5 Å². The number of aliphatic hydroxyl groups excluding tert-OH is 1. The highest BCUT2D eigenvalue weighted by atomic mass is 16.3. The zero-order chi connectivity index (χ0) is 10.8. The Labute approximate surface area is 89.6 Å². The summed E-state index contributed by atoms with van der Waals surface area (Å²) in [7, 11) is 2.07. The maximum Gasteiger partial charge on any atom is 0.0920 e. The van der Waals surface area contributed by atoms with Gasteiger partial charge in [0.15, 0.2) is 0 Å². The van der Waals surface area contributed by atoms with Crippen LogP contribution in [0.1, 0.15) is 23.7 Å². The number of anilines is 1. The van der Waals surface area contributed by atoms with Crippen molar-refractivity contribution in [3.8, 4) is 6.07 Å². The molecule has 1 aliphatic heterocycles. The second kappa shape index (κ2) is 3.92. The van der Waals surface area contributed by atoms with Crippen molar-refractivity contribution in [1.82, 2.24) is 0 Å².